The summed E-state index contributed by atoms with van der Waals surface area (Å²) in [5, 5.41) is 2.42. The Bertz CT molecular complexity index is 1020. The Morgan fingerprint density at radius 1 is 1.00 bits per heavy atom. The molecule has 0 spiro atoms. The van der Waals surface area contributed by atoms with Crippen LogP contribution in [0.4, 0.5) is 24.5 Å². The number of alkyl halides is 3. The molecule has 2 aliphatic rings. The van der Waals surface area contributed by atoms with E-state index in [1.165, 1.54) is 6.07 Å². The molecule has 6 nitrogen and oxygen atoms in total. The number of hydrogen-bond donors (Lipinski definition) is 1. The Labute approximate surface area is 191 Å². The summed E-state index contributed by atoms with van der Waals surface area (Å²) in [5.74, 6) is -0.506. The van der Waals surface area contributed by atoms with Gasteiger partial charge in [-0.2, -0.15) is 13.2 Å². The summed E-state index contributed by atoms with van der Waals surface area (Å²) in [6.07, 6.45) is -3.21. The van der Waals surface area contributed by atoms with Gasteiger partial charge in [0.15, 0.2) is 0 Å². The van der Waals surface area contributed by atoms with E-state index in [1.807, 2.05) is 11.9 Å². The number of anilines is 2. The molecule has 2 aliphatic heterocycles. The summed E-state index contributed by atoms with van der Waals surface area (Å²) in [7, 11) is 1.98. The first-order chi connectivity index (χ1) is 15.7. The summed E-state index contributed by atoms with van der Waals surface area (Å²) in [4.78, 5) is 30.2. The monoisotopic (exact) mass is 460 g/mol. The van der Waals surface area contributed by atoms with Crippen LogP contribution in [0.1, 0.15) is 34.3 Å². The Kier molecular flexibility index (Phi) is 6.60. The van der Waals surface area contributed by atoms with Crippen LogP contribution in [0, 0.1) is 0 Å². The summed E-state index contributed by atoms with van der Waals surface area (Å²) in [5.41, 5.74) is 0.486. The van der Waals surface area contributed by atoms with Gasteiger partial charge >= 0.3 is 6.18 Å². The number of likely N-dealkylation sites (tertiary alicyclic amines) is 1. The largest absolute Gasteiger partial charge is 0.418 e. The molecule has 1 N–H and O–H groups in total. The molecule has 0 bridgehead atoms. The van der Waals surface area contributed by atoms with Gasteiger partial charge in [0, 0.05) is 56.9 Å². The van der Waals surface area contributed by atoms with Gasteiger partial charge in [0.25, 0.3) is 5.91 Å². The molecule has 0 aliphatic carbocycles. The van der Waals surface area contributed by atoms with Gasteiger partial charge in [-0.15, -0.1) is 0 Å². The maximum Gasteiger partial charge on any atom is 0.418 e. The predicted octanol–water partition coefficient (Wildman–Crippen LogP) is 3.83. The van der Waals surface area contributed by atoms with Crippen LogP contribution in [0.5, 0.6) is 0 Å². The SMILES string of the molecule is CN1CCN(c2ccc(NC(=O)c3ccc(CN4CCCC4=O)cc3)c(C(F)(F)F)c2)CC1. The molecule has 2 fully saturated rings. The van der Waals surface area contributed by atoms with Crippen molar-refractivity contribution in [2.75, 3.05) is 50.0 Å². The number of halogens is 3. The van der Waals surface area contributed by atoms with E-state index in [9.17, 15) is 22.8 Å². The fourth-order valence-electron chi connectivity index (χ4n) is 4.18. The number of nitrogens with one attached hydrogen (secondary N) is 1. The van der Waals surface area contributed by atoms with Gasteiger partial charge in [-0.05, 0) is 49.4 Å². The summed E-state index contributed by atoms with van der Waals surface area (Å²) in [6, 6.07) is 10.6. The molecule has 0 radical (unpaired) electrons. The minimum Gasteiger partial charge on any atom is -0.369 e. The highest BCUT2D eigenvalue weighted by Gasteiger charge is 2.35. The van der Waals surface area contributed by atoms with E-state index in [0.29, 0.717) is 38.3 Å². The van der Waals surface area contributed by atoms with Crippen molar-refractivity contribution < 1.29 is 22.8 Å². The number of likely N-dealkylation sites (N-methyl/N-ethyl adjacent to an activating group) is 1. The standard InChI is InChI=1S/C24H27F3N4O2/c1-29-11-13-30(14-12-29)19-8-9-21(20(15-19)24(25,26)27)28-23(33)18-6-4-17(5-7-18)16-31-10-2-3-22(31)32/h4-9,15H,2-3,10-14,16H2,1H3,(H,28,33). The van der Waals surface area contributed by atoms with Crippen LogP contribution in [0.15, 0.2) is 42.5 Å². The predicted molar refractivity (Wildman–Crippen MR) is 120 cm³/mol. The quantitative estimate of drug-likeness (QED) is 0.737. The number of carbonyl (C=O) groups excluding carboxylic acids is 2. The van der Waals surface area contributed by atoms with Gasteiger partial charge in [-0.3, -0.25) is 9.59 Å². The smallest absolute Gasteiger partial charge is 0.369 e. The van der Waals surface area contributed by atoms with Crippen molar-refractivity contribution in [3.63, 3.8) is 0 Å². The van der Waals surface area contributed by atoms with Crippen LogP contribution >= 0.6 is 0 Å². The van der Waals surface area contributed by atoms with Crippen LogP contribution in [-0.2, 0) is 17.5 Å². The molecule has 0 atom stereocenters. The second kappa shape index (κ2) is 9.43. The van der Waals surface area contributed by atoms with Gasteiger partial charge in [-0.25, -0.2) is 0 Å². The number of benzene rings is 2. The molecule has 2 heterocycles. The zero-order valence-corrected chi connectivity index (χ0v) is 18.5. The minimum atomic E-state index is -4.60. The average molecular weight is 461 g/mol. The molecule has 2 saturated heterocycles. The zero-order chi connectivity index (χ0) is 23.6. The molecule has 2 aromatic rings. The van der Waals surface area contributed by atoms with Crippen LogP contribution in [0.2, 0.25) is 0 Å². The molecule has 2 amide bonds. The van der Waals surface area contributed by atoms with E-state index in [0.717, 1.165) is 31.1 Å². The van der Waals surface area contributed by atoms with Gasteiger partial charge in [-0.1, -0.05) is 12.1 Å². The molecule has 2 aromatic carbocycles. The third-order valence-electron chi connectivity index (χ3n) is 6.19. The van der Waals surface area contributed by atoms with Crippen molar-refractivity contribution in [3.8, 4) is 0 Å². The zero-order valence-electron chi connectivity index (χ0n) is 18.5. The average Bonchev–Trinajstić information content (AvgIpc) is 3.18. The number of amides is 2. The van der Waals surface area contributed by atoms with Crippen molar-refractivity contribution in [3.05, 3.63) is 59.2 Å². The molecule has 0 saturated carbocycles. The summed E-state index contributed by atoms with van der Waals surface area (Å²) < 4.78 is 41.3. The second-order valence-electron chi connectivity index (χ2n) is 8.59. The van der Waals surface area contributed by atoms with Crippen LogP contribution < -0.4 is 10.2 Å². The maximum absolute atomic E-state index is 13.8. The third kappa shape index (κ3) is 5.47. The van der Waals surface area contributed by atoms with E-state index in [2.05, 4.69) is 10.2 Å². The molecule has 9 heteroatoms. The van der Waals surface area contributed by atoms with Gasteiger partial charge in [0.1, 0.15) is 0 Å². The number of rotatable bonds is 5. The van der Waals surface area contributed by atoms with Crippen LogP contribution in [0.25, 0.3) is 0 Å². The van der Waals surface area contributed by atoms with Crippen molar-refractivity contribution in [1.29, 1.82) is 0 Å². The first kappa shape index (κ1) is 23.1. The lowest BCUT2D eigenvalue weighted by Crippen LogP contribution is -2.44. The third-order valence-corrected chi connectivity index (χ3v) is 6.19. The number of nitrogens with zero attached hydrogens (tertiary/aromatic N) is 3. The second-order valence-corrected chi connectivity index (χ2v) is 8.59. The van der Waals surface area contributed by atoms with Crippen molar-refractivity contribution in [2.24, 2.45) is 0 Å². The van der Waals surface area contributed by atoms with Crippen LogP contribution in [0.3, 0.4) is 0 Å². The highest BCUT2D eigenvalue weighted by atomic mass is 19.4. The van der Waals surface area contributed by atoms with E-state index < -0.39 is 17.6 Å². The molecule has 0 aromatic heterocycles. The van der Waals surface area contributed by atoms with Crippen molar-refractivity contribution in [1.82, 2.24) is 9.80 Å². The highest BCUT2D eigenvalue weighted by molar-refractivity contribution is 6.04. The maximum atomic E-state index is 13.8. The Morgan fingerprint density at radius 2 is 1.70 bits per heavy atom. The van der Waals surface area contributed by atoms with Crippen LogP contribution in [-0.4, -0.2) is 61.4 Å². The van der Waals surface area contributed by atoms with Crippen molar-refractivity contribution >= 4 is 23.2 Å². The summed E-state index contributed by atoms with van der Waals surface area (Å²) >= 11 is 0. The molecular weight excluding hydrogens is 433 g/mol. The fraction of sp³-hybridized carbons (Fsp3) is 0.417. The molecule has 0 unspecified atom stereocenters. The normalized spacial score (nSPS) is 17.5. The van der Waals surface area contributed by atoms with Gasteiger partial charge < -0.3 is 20.0 Å². The first-order valence-corrected chi connectivity index (χ1v) is 11.0. The lowest BCUT2D eigenvalue weighted by molar-refractivity contribution is -0.137. The van der Waals surface area contributed by atoms with E-state index in [1.54, 1.807) is 35.2 Å². The Morgan fingerprint density at radius 3 is 2.30 bits per heavy atom. The lowest BCUT2D eigenvalue weighted by atomic mass is 10.1. The minimum absolute atomic E-state index is 0.108. The fourth-order valence-corrected chi connectivity index (χ4v) is 4.18. The van der Waals surface area contributed by atoms with E-state index >= 15 is 0 Å². The highest BCUT2D eigenvalue weighted by Crippen LogP contribution is 2.37. The van der Waals surface area contributed by atoms with E-state index in [4.69, 9.17) is 0 Å². The number of carbonyl (C=O) groups is 2. The van der Waals surface area contributed by atoms with Gasteiger partial charge in [0.2, 0.25) is 5.91 Å². The Balaban J connectivity index is 1.48. The lowest BCUT2D eigenvalue weighted by Gasteiger charge is -2.34. The van der Waals surface area contributed by atoms with Crippen molar-refractivity contribution in [2.45, 2.75) is 25.6 Å². The summed E-state index contributed by atoms with van der Waals surface area (Å²) in [6.45, 7) is 4.03. The molecule has 33 heavy (non-hydrogen) atoms. The van der Waals surface area contributed by atoms with E-state index in [-0.39, 0.29) is 17.2 Å². The number of piperazine rings is 1. The van der Waals surface area contributed by atoms with Gasteiger partial charge in [0.05, 0.1) is 11.3 Å². The number of hydrogen-bond acceptors (Lipinski definition) is 4. The topological polar surface area (TPSA) is 55.9 Å². The molecule has 4 rings (SSSR count). The molecular formula is C24H27F3N4O2. The molecule has 176 valence electrons. The first-order valence-electron chi connectivity index (χ1n) is 11.0. The Hall–Kier alpha value is -3.07.